The lowest BCUT2D eigenvalue weighted by molar-refractivity contribution is -0.167. The second-order valence-corrected chi connectivity index (χ2v) is 18.4. The Morgan fingerprint density at radius 2 is 0.579 bits per heavy atom. The van der Waals surface area contributed by atoms with Crippen LogP contribution in [-0.2, 0) is 28.6 Å². The van der Waals surface area contributed by atoms with E-state index < -0.39 is 6.10 Å². The number of carbonyl (C=O) groups is 3. The van der Waals surface area contributed by atoms with Gasteiger partial charge in [0.2, 0.25) is 0 Å². The lowest BCUT2D eigenvalue weighted by Crippen LogP contribution is -2.30. The molecule has 0 aliphatic heterocycles. The highest BCUT2D eigenvalue weighted by Gasteiger charge is 2.19. The van der Waals surface area contributed by atoms with Crippen molar-refractivity contribution in [2.75, 3.05) is 13.2 Å². The third-order valence-electron chi connectivity index (χ3n) is 11.5. The van der Waals surface area contributed by atoms with E-state index in [2.05, 4.69) is 34.6 Å². The first-order valence-electron chi connectivity index (χ1n) is 25.2. The number of ether oxygens (including phenoxy) is 3. The molecule has 57 heavy (non-hydrogen) atoms. The average molecular weight is 807 g/mol. The monoisotopic (exact) mass is 807 g/mol. The van der Waals surface area contributed by atoms with Crippen LogP contribution in [0.25, 0.3) is 0 Å². The Balaban J connectivity index is 4.33. The van der Waals surface area contributed by atoms with Crippen molar-refractivity contribution in [1.82, 2.24) is 0 Å². The molecule has 0 saturated carbocycles. The number of esters is 3. The van der Waals surface area contributed by atoms with E-state index in [9.17, 15) is 14.4 Å². The summed E-state index contributed by atoms with van der Waals surface area (Å²) in [6, 6.07) is 0. The van der Waals surface area contributed by atoms with Gasteiger partial charge in [-0.3, -0.25) is 14.4 Å². The van der Waals surface area contributed by atoms with E-state index in [1.54, 1.807) is 0 Å². The lowest BCUT2D eigenvalue weighted by Gasteiger charge is -2.18. The molecule has 0 amide bonds. The molecule has 1 atom stereocenters. The van der Waals surface area contributed by atoms with Crippen LogP contribution in [0.4, 0.5) is 0 Å². The minimum atomic E-state index is -0.761. The molecule has 0 N–H and O–H groups in total. The second-order valence-electron chi connectivity index (χ2n) is 18.4. The van der Waals surface area contributed by atoms with Crippen LogP contribution < -0.4 is 0 Å². The van der Waals surface area contributed by atoms with E-state index in [0.717, 1.165) is 69.6 Å². The summed E-state index contributed by atoms with van der Waals surface area (Å²) in [6.07, 6.45) is 43.7. The maximum atomic E-state index is 12.8. The predicted molar refractivity (Wildman–Crippen MR) is 243 cm³/mol. The van der Waals surface area contributed by atoms with Crippen LogP contribution >= 0.6 is 0 Å². The van der Waals surface area contributed by atoms with Crippen LogP contribution in [0.5, 0.6) is 0 Å². The molecule has 0 saturated heterocycles. The van der Waals surface area contributed by atoms with E-state index in [-0.39, 0.29) is 31.1 Å². The van der Waals surface area contributed by atoms with Gasteiger partial charge in [0.15, 0.2) is 6.10 Å². The summed E-state index contributed by atoms with van der Waals surface area (Å²) in [5.74, 6) is 0.776. The van der Waals surface area contributed by atoms with Gasteiger partial charge < -0.3 is 14.2 Å². The molecule has 0 aliphatic carbocycles. The third kappa shape index (κ3) is 45.3. The smallest absolute Gasteiger partial charge is 0.306 e. The Kier molecular flexibility index (Phi) is 42.7. The molecule has 0 bridgehead atoms. The average Bonchev–Trinajstić information content (AvgIpc) is 3.18. The predicted octanol–water partition coefficient (Wildman–Crippen LogP) is 16.1. The Bertz CT molecular complexity index is 870. The molecule has 0 radical (unpaired) electrons. The fourth-order valence-electron chi connectivity index (χ4n) is 7.64. The van der Waals surface area contributed by atoms with Crippen molar-refractivity contribution in [3.63, 3.8) is 0 Å². The van der Waals surface area contributed by atoms with Gasteiger partial charge in [0, 0.05) is 19.3 Å². The normalized spacial score (nSPS) is 12.1. The highest BCUT2D eigenvalue weighted by molar-refractivity contribution is 5.71. The molecule has 338 valence electrons. The van der Waals surface area contributed by atoms with Crippen LogP contribution in [0.2, 0.25) is 0 Å². The van der Waals surface area contributed by atoms with Gasteiger partial charge in [0.1, 0.15) is 13.2 Å². The van der Waals surface area contributed by atoms with Gasteiger partial charge in [-0.25, -0.2) is 0 Å². The summed E-state index contributed by atoms with van der Waals surface area (Å²) in [7, 11) is 0. The quantitative estimate of drug-likeness (QED) is 0.0346. The fraction of sp³-hybridized carbons (Fsp3) is 0.941. The van der Waals surface area contributed by atoms with Crippen molar-refractivity contribution in [3.05, 3.63) is 0 Å². The summed E-state index contributed by atoms with van der Waals surface area (Å²) in [5.41, 5.74) is 0. The molecule has 0 rings (SSSR count). The van der Waals surface area contributed by atoms with Crippen molar-refractivity contribution < 1.29 is 28.6 Å². The minimum absolute atomic E-state index is 0.0643. The zero-order chi connectivity index (χ0) is 41.9. The van der Waals surface area contributed by atoms with Gasteiger partial charge in [-0.05, 0) is 31.1 Å². The lowest BCUT2D eigenvalue weighted by atomic mass is 10.0. The number of carbonyl (C=O) groups excluding carboxylic acids is 3. The zero-order valence-electron chi connectivity index (χ0n) is 39.0. The maximum absolute atomic E-state index is 12.8. The van der Waals surface area contributed by atoms with E-state index in [0.29, 0.717) is 19.3 Å². The van der Waals surface area contributed by atoms with Crippen LogP contribution in [0.1, 0.15) is 279 Å². The summed E-state index contributed by atoms with van der Waals surface area (Å²) < 4.78 is 16.8. The number of unbranched alkanes of at least 4 members (excludes halogenated alkanes) is 30. The number of hydrogen-bond donors (Lipinski definition) is 0. The number of hydrogen-bond acceptors (Lipinski definition) is 6. The van der Waals surface area contributed by atoms with Crippen LogP contribution in [0, 0.1) is 11.8 Å². The summed E-state index contributed by atoms with van der Waals surface area (Å²) in [6.45, 7) is 11.3. The molecule has 0 aromatic heterocycles. The van der Waals surface area contributed by atoms with Crippen LogP contribution in [0.15, 0.2) is 0 Å². The third-order valence-corrected chi connectivity index (χ3v) is 11.5. The van der Waals surface area contributed by atoms with E-state index >= 15 is 0 Å². The highest BCUT2D eigenvalue weighted by Crippen LogP contribution is 2.17. The van der Waals surface area contributed by atoms with Gasteiger partial charge in [-0.1, -0.05) is 240 Å². The van der Waals surface area contributed by atoms with Crippen molar-refractivity contribution in [2.24, 2.45) is 11.8 Å². The maximum Gasteiger partial charge on any atom is 0.306 e. The van der Waals surface area contributed by atoms with Crippen molar-refractivity contribution >= 4 is 17.9 Å². The summed E-state index contributed by atoms with van der Waals surface area (Å²) in [5, 5.41) is 0. The van der Waals surface area contributed by atoms with Crippen molar-refractivity contribution in [1.29, 1.82) is 0 Å². The highest BCUT2D eigenvalue weighted by atomic mass is 16.6. The molecule has 0 aromatic carbocycles. The van der Waals surface area contributed by atoms with Crippen molar-refractivity contribution in [2.45, 2.75) is 285 Å². The fourth-order valence-corrected chi connectivity index (χ4v) is 7.64. The van der Waals surface area contributed by atoms with Crippen molar-refractivity contribution in [3.8, 4) is 0 Å². The Labute approximate surface area is 355 Å². The van der Waals surface area contributed by atoms with Crippen LogP contribution in [-0.4, -0.2) is 37.2 Å². The molecular formula is C51H98O6. The van der Waals surface area contributed by atoms with Crippen LogP contribution in [0.3, 0.4) is 0 Å². The molecule has 6 heteroatoms. The molecule has 0 fully saturated rings. The first-order valence-corrected chi connectivity index (χ1v) is 25.2. The van der Waals surface area contributed by atoms with Gasteiger partial charge in [-0.15, -0.1) is 0 Å². The minimum Gasteiger partial charge on any atom is -0.462 e. The Morgan fingerprint density at radius 1 is 0.333 bits per heavy atom. The van der Waals surface area contributed by atoms with Gasteiger partial charge in [0.25, 0.3) is 0 Å². The second kappa shape index (κ2) is 44.0. The largest absolute Gasteiger partial charge is 0.462 e. The molecule has 6 nitrogen and oxygen atoms in total. The molecule has 0 aliphatic rings. The Hall–Kier alpha value is -1.59. The molecule has 0 aromatic rings. The molecular weight excluding hydrogens is 709 g/mol. The first kappa shape index (κ1) is 55.4. The molecule has 0 spiro atoms. The molecule has 0 heterocycles. The first-order chi connectivity index (χ1) is 27.7. The topological polar surface area (TPSA) is 78.9 Å². The van der Waals surface area contributed by atoms with Gasteiger partial charge in [0.05, 0.1) is 0 Å². The number of rotatable bonds is 45. The summed E-state index contributed by atoms with van der Waals surface area (Å²) in [4.78, 5) is 37.9. The van der Waals surface area contributed by atoms with E-state index in [4.69, 9.17) is 14.2 Å². The standard InChI is InChI=1S/C51H98O6/c1-6-7-8-9-10-11-12-13-14-15-22-28-33-38-43-51(54)57-48(45-56-50(53)42-37-32-27-23-18-20-25-30-35-40-47(4)5)44-55-49(52)41-36-31-26-21-17-16-19-24-29-34-39-46(2)3/h46-48H,6-45H2,1-5H3/t48-/m0/s1. The van der Waals surface area contributed by atoms with Gasteiger partial charge >= 0.3 is 17.9 Å². The summed E-state index contributed by atoms with van der Waals surface area (Å²) >= 11 is 0. The zero-order valence-corrected chi connectivity index (χ0v) is 39.0. The Morgan fingerprint density at radius 3 is 0.860 bits per heavy atom. The SMILES string of the molecule is CCCCCCCCCCCCCCCCC(=O)O[C@@H](COC(=O)CCCCCCCCCCCCC(C)C)COC(=O)CCCCCCCCCCCC(C)C. The molecule has 0 unspecified atom stereocenters. The van der Waals surface area contributed by atoms with E-state index in [1.807, 2.05) is 0 Å². The van der Waals surface area contributed by atoms with Gasteiger partial charge in [-0.2, -0.15) is 0 Å². The van der Waals surface area contributed by atoms with E-state index in [1.165, 1.54) is 167 Å².